The third-order valence-electron chi connectivity index (χ3n) is 1.83. The number of hydrogen-bond donors (Lipinski definition) is 1. The predicted octanol–water partition coefficient (Wildman–Crippen LogP) is 0.452. The summed E-state index contributed by atoms with van der Waals surface area (Å²) in [6.45, 7) is 3.78. The minimum atomic E-state index is -0.149. The van der Waals surface area contributed by atoms with Gasteiger partial charge in [0, 0.05) is 0 Å². The number of nitrogens with two attached hydrogens (primary N) is 1. The van der Waals surface area contributed by atoms with E-state index in [1.54, 1.807) is 4.52 Å². The molecule has 0 spiro atoms. The fraction of sp³-hybridized carbons (Fsp3) is 0.375. The second-order valence-electron chi connectivity index (χ2n) is 3.09. The van der Waals surface area contributed by atoms with Crippen molar-refractivity contribution in [1.82, 2.24) is 19.8 Å². The van der Waals surface area contributed by atoms with Crippen molar-refractivity contribution in [3.63, 3.8) is 0 Å². The lowest BCUT2D eigenvalue weighted by Gasteiger charge is -2.01. The van der Waals surface area contributed by atoms with Crippen molar-refractivity contribution in [2.24, 2.45) is 5.73 Å². The van der Waals surface area contributed by atoms with Gasteiger partial charge in [-0.1, -0.05) is 0 Å². The Morgan fingerprint density at radius 3 is 2.85 bits per heavy atom. The van der Waals surface area contributed by atoms with Crippen LogP contribution in [0.15, 0.2) is 12.1 Å². The maximum Gasteiger partial charge on any atom is 0.177 e. The molecule has 1 atom stereocenters. The van der Waals surface area contributed by atoms with E-state index in [1.165, 1.54) is 0 Å². The standard InChI is InChI=1S/C8H11N5/c1-5-3-4-7-10-11-8(6(2)9)13(7)12-5/h3-4,6H,9H2,1-2H3. The summed E-state index contributed by atoms with van der Waals surface area (Å²) in [5.74, 6) is 0.693. The van der Waals surface area contributed by atoms with Gasteiger partial charge in [-0.15, -0.1) is 10.2 Å². The minimum Gasteiger partial charge on any atom is -0.321 e. The first-order chi connectivity index (χ1) is 6.18. The van der Waals surface area contributed by atoms with Crippen molar-refractivity contribution in [2.75, 3.05) is 0 Å². The van der Waals surface area contributed by atoms with Crippen molar-refractivity contribution >= 4 is 5.65 Å². The fourth-order valence-electron chi connectivity index (χ4n) is 1.18. The van der Waals surface area contributed by atoms with Crippen molar-refractivity contribution in [3.05, 3.63) is 23.7 Å². The summed E-state index contributed by atoms with van der Waals surface area (Å²) in [4.78, 5) is 0. The zero-order chi connectivity index (χ0) is 9.42. The van der Waals surface area contributed by atoms with E-state index in [4.69, 9.17) is 5.73 Å². The van der Waals surface area contributed by atoms with Gasteiger partial charge in [0.2, 0.25) is 0 Å². The number of aromatic nitrogens is 4. The van der Waals surface area contributed by atoms with E-state index in [1.807, 2.05) is 26.0 Å². The Labute approximate surface area is 75.6 Å². The SMILES string of the molecule is Cc1ccc2nnc(C(C)N)n2n1. The number of rotatable bonds is 1. The van der Waals surface area contributed by atoms with Gasteiger partial charge < -0.3 is 5.73 Å². The van der Waals surface area contributed by atoms with Crippen LogP contribution >= 0.6 is 0 Å². The van der Waals surface area contributed by atoms with Crippen molar-refractivity contribution in [3.8, 4) is 0 Å². The largest absolute Gasteiger partial charge is 0.321 e. The van der Waals surface area contributed by atoms with E-state index in [2.05, 4.69) is 15.3 Å². The molecule has 13 heavy (non-hydrogen) atoms. The normalized spacial score (nSPS) is 13.5. The van der Waals surface area contributed by atoms with Gasteiger partial charge in [0.1, 0.15) is 0 Å². The Bertz CT molecular complexity index is 431. The molecule has 0 bridgehead atoms. The van der Waals surface area contributed by atoms with Crippen LogP contribution in [0.3, 0.4) is 0 Å². The van der Waals surface area contributed by atoms with Gasteiger partial charge in [-0.2, -0.15) is 9.61 Å². The summed E-state index contributed by atoms with van der Waals surface area (Å²) >= 11 is 0. The van der Waals surface area contributed by atoms with Crippen LogP contribution in [0, 0.1) is 6.92 Å². The first kappa shape index (κ1) is 8.12. The van der Waals surface area contributed by atoms with Gasteiger partial charge in [-0.05, 0) is 26.0 Å². The lowest BCUT2D eigenvalue weighted by molar-refractivity contribution is 0.690. The van der Waals surface area contributed by atoms with E-state index in [-0.39, 0.29) is 6.04 Å². The average molecular weight is 177 g/mol. The Hall–Kier alpha value is -1.49. The van der Waals surface area contributed by atoms with Crippen LogP contribution in [0.25, 0.3) is 5.65 Å². The van der Waals surface area contributed by atoms with Crippen LogP contribution < -0.4 is 5.73 Å². The van der Waals surface area contributed by atoms with Gasteiger partial charge in [-0.25, -0.2) is 0 Å². The third-order valence-corrected chi connectivity index (χ3v) is 1.83. The maximum absolute atomic E-state index is 5.71. The molecule has 0 amide bonds. The molecule has 5 nitrogen and oxygen atoms in total. The van der Waals surface area contributed by atoms with Crippen molar-refractivity contribution in [2.45, 2.75) is 19.9 Å². The molecule has 0 fully saturated rings. The van der Waals surface area contributed by atoms with E-state index < -0.39 is 0 Å². The molecule has 1 unspecified atom stereocenters. The van der Waals surface area contributed by atoms with E-state index in [0.717, 1.165) is 11.3 Å². The molecule has 2 N–H and O–H groups in total. The van der Waals surface area contributed by atoms with Crippen LogP contribution in [-0.2, 0) is 0 Å². The molecule has 5 heteroatoms. The molecular weight excluding hydrogens is 166 g/mol. The second kappa shape index (κ2) is 2.77. The zero-order valence-corrected chi connectivity index (χ0v) is 7.60. The molecule has 2 aromatic heterocycles. The first-order valence-corrected chi connectivity index (χ1v) is 4.13. The summed E-state index contributed by atoms with van der Waals surface area (Å²) in [6, 6.07) is 3.63. The number of fused-ring (bicyclic) bond motifs is 1. The molecule has 0 saturated heterocycles. The second-order valence-corrected chi connectivity index (χ2v) is 3.09. The molecule has 0 aromatic carbocycles. The number of aryl methyl sites for hydroxylation is 1. The quantitative estimate of drug-likeness (QED) is 0.686. The lowest BCUT2D eigenvalue weighted by atomic mass is 10.3. The molecule has 2 heterocycles. The fourth-order valence-corrected chi connectivity index (χ4v) is 1.18. The molecule has 2 aromatic rings. The average Bonchev–Trinajstić information content (AvgIpc) is 2.46. The van der Waals surface area contributed by atoms with Crippen LogP contribution in [0.4, 0.5) is 0 Å². The molecule has 0 radical (unpaired) electrons. The molecule has 68 valence electrons. The van der Waals surface area contributed by atoms with Crippen LogP contribution in [0.5, 0.6) is 0 Å². The number of nitrogens with zero attached hydrogens (tertiary/aromatic N) is 4. The van der Waals surface area contributed by atoms with Gasteiger partial charge in [0.15, 0.2) is 11.5 Å². The summed E-state index contributed by atoms with van der Waals surface area (Å²) in [6.07, 6.45) is 0. The highest BCUT2D eigenvalue weighted by Crippen LogP contribution is 2.07. The van der Waals surface area contributed by atoms with Gasteiger partial charge in [0.25, 0.3) is 0 Å². The van der Waals surface area contributed by atoms with Crippen LogP contribution in [0.2, 0.25) is 0 Å². The monoisotopic (exact) mass is 177 g/mol. The topological polar surface area (TPSA) is 69.1 Å². The van der Waals surface area contributed by atoms with E-state index in [9.17, 15) is 0 Å². The van der Waals surface area contributed by atoms with Gasteiger partial charge >= 0.3 is 0 Å². The number of hydrogen-bond acceptors (Lipinski definition) is 4. The van der Waals surface area contributed by atoms with Gasteiger partial charge in [0.05, 0.1) is 11.7 Å². The summed E-state index contributed by atoms with van der Waals surface area (Å²) < 4.78 is 1.68. The minimum absolute atomic E-state index is 0.149. The Kier molecular flexibility index (Phi) is 1.73. The Morgan fingerprint density at radius 1 is 1.38 bits per heavy atom. The highest BCUT2D eigenvalue weighted by molar-refractivity contribution is 5.36. The molecule has 0 aliphatic rings. The van der Waals surface area contributed by atoms with Crippen LogP contribution in [0.1, 0.15) is 24.5 Å². The smallest absolute Gasteiger partial charge is 0.177 e. The first-order valence-electron chi connectivity index (χ1n) is 4.13. The van der Waals surface area contributed by atoms with Crippen molar-refractivity contribution < 1.29 is 0 Å². The highest BCUT2D eigenvalue weighted by Gasteiger charge is 2.09. The molecule has 2 rings (SSSR count). The van der Waals surface area contributed by atoms with Gasteiger partial charge in [-0.3, -0.25) is 0 Å². The summed E-state index contributed by atoms with van der Waals surface area (Å²) in [5, 5.41) is 12.2. The Balaban J connectivity index is 2.71. The molecule has 0 aliphatic heterocycles. The molecule has 0 aliphatic carbocycles. The zero-order valence-electron chi connectivity index (χ0n) is 7.60. The summed E-state index contributed by atoms with van der Waals surface area (Å²) in [7, 11) is 0. The lowest BCUT2D eigenvalue weighted by Crippen LogP contribution is -2.11. The van der Waals surface area contributed by atoms with E-state index in [0.29, 0.717) is 5.82 Å². The van der Waals surface area contributed by atoms with E-state index >= 15 is 0 Å². The predicted molar refractivity (Wildman–Crippen MR) is 48.1 cm³/mol. The van der Waals surface area contributed by atoms with Crippen molar-refractivity contribution in [1.29, 1.82) is 0 Å². The molecular formula is C8H11N5. The Morgan fingerprint density at radius 2 is 2.15 bits per heavy atom. The molecule has 0 saturated carbocycles. The van der Waals surface area contributed by atoms with Crippen LogP contribution in [-0.4, -0.2) is 19.8 Å². The maximum atomic E-state index is 5.71. The third kappa shape index (κ3) is 1.27. The summed E-state index contributed by atoms with van der Waals surface area (Å²) in [5.41, 5.74) is 7.37. The highest BCUT2D eigenvalue weighted by atomic mass is 15.4.